The molecule has 3 amide bonds. The molecular formula is C21H23N3O4. The topological polar surface area (TPSA) is 79.0 Å². The first kappa shape index (κ1) is 19.4. The highest BCUT2D eigenvalue weighted by Gasteiger charge is 2.33. The van der Waals surface area contributed by atoms with Crippen LogP contribution in [0.3, 0.4) is 0 Å². The molecule has 0 saturated carbocycles. The number of nitrogens with zero attached hydrogens (tertiary/aromatic N) is 2. The number of hydrogen-bond acceptors (Lipinski definition) is 4. The fourth-order valence-corrected chi connectivity index (χ4v) is 2.92. The highest BCUT2D eigenvalue weighted by Crippen LogP contribution is 2.33. The molecule has 28 heavy (non-hydrogen) atoms. The van der Waals surface area contributed by atoms with E-state index >= 15 is 0 Å². The number of fused-ring (bicyclic) bond motifs is 1. The Morgan fingerprint density at radius 2 is 1.82 bits per heavy atom. The molecule has 1 N–H and O–H groups in total. The largest absolute Gasteiger partial charge is 0.479 e. The Labute approximate surface area is 163 Å². The predicted octanol–water partition coefficient (Wildman–Crippen LogP) is 2.21. The summed E-state index contributed by atoms with van der Waals surface area (Å²) < 4.78 is 5.58. The molecule has 1 heterocycles. The highest BCUT2D eigenvalue weighted by atomic mass is 16.5. The summed E-state index contributed by atoms with van der Waals surface area (Å²) in [5.74, 6) is -0.371. The number of rotatable bonds is 5. The number of aryl methyl sites for hydroxylation is 1. The van der Waals surface area contributed by atoms with Crippen molar-refractivity contribution in [2.75, 3.05) is 30.4 Å². The van der Waals surface area contributed by atoms with Crippen molar-refractivity contribution in [3.05, 3.63) is 54.1 Å². The van der Waals surface area contributed by atoms with E-state index in [1.807, 2.05) is 25.1 Å². The van der Waals surface area contributed by atoms with Gasteiger partial charge in [-0.15, -0.1) is 0 Å². The van der Waals surface area contributed by atoms with E-state index in [1.54, 1.807) is 37.3 Å². The van der Waals surface area contributed by atoms with Crippen molar-refractivity contribution in [1.29, 1.82) is 0 Å². The Hall–Kier alpha value is -3.35. The molecule has 0 fully saturated rings. The maximum Gasteiger partial charge on any atom is 0.268 e. The lowest BCUT2D eigenvalue weighted by atomic mass is 10.2. The molecule has 1 atom stereocenters. The molecule has 3 rings (SSSR count). The van der Waals surface area contributed by atoms with Crippen LogP contribution in [-0.4, -0.2) is 48.9 Å². The lowest BCUT2D eigenvalue weighted by Crippen LogP contribution is -2.49. The number of nitrogens with one attached hydrogen (secondary N) is 1. The maximum absolute atomic E-state index is 12.6. The molecule has 0 unspecified atom stereocenters. The fourth-order valence-electron chi connectivity index (χ4n) is 2.92. The van der Waals surface area contributed by atoms with Gasteiger partial charge in [-0.1, -0.05) is 29.8 Å². The second-order valence-corrected chi connectivity index (χ2v) is 6.82. The van der Waals surface area contributed by atoms with Crippen LogP contribution >= 0.6 is 0 Å². The molecule has 146 valence electrons. The zero-order valence-electron chi connectivity index (χ0n) is 16.1. The summed E-state index contributed by atoms with van der Waals surface area (Å²) in [6.45, 7) is 3.35. The van der Waals surface area contributed by atoms with Crippen LogP contribution in [0.25, 0.3) is 0 Å². The van der Waals surface area contributed by atoms with Gasteiger partial charge in [0.2, 0.25) is 11.8 Å². The fraction of sp³-hybridized carbons (Fsp3) is 0.286. The van der Waals surface area contributed by atoms with Gasteiger partial charge in [0.15, 0.2) is 6.10 Å². The predicted molar refractivity (Wildman–Crippen MR) is 106 cm³/mol. The SMILES string of the molecule is Cc1ccc(NC(=O)CN(C)C(=O)CN2C(=O)[C@H](C)Oc3ccccc32)cc1. The van der Waals surface area contributed by atoms with Gasteiger partial charge < -0.3 is 15.0 Å². The van der Waals surface area contributed by atoms with Gasteiger partial charge in [0.25, 0.3) is 5.91 Å². The number of amides is 3. The molecule has 0 aliphatic carbocycles. The molecule has 0 radical (unpaired) electrons. The zero-order valence-corrected chi connectivity index (χ0v) is 16.1. The minimum Gasteiger partial charge on any atom is -0.479 e. The van der Waals surface area contributed by atoms with Gasteiger partial charge >= 0.3 is 0 Å². The van der Waals surface area contributed by atoms with E-state index in [2.05, 4.69) is 5.32 Å². The van der Waals surface area contributed by atoms with E-state index in [-0.39, 0.29) is 30.8 Å². The minimum absolute atomic E-state index is 0.109. The molecule has 1 aliphatic rings. The summed E-state index contributed by atoms with van der Waals surface area (Å²) in [5.41, 5.74) is 2.31. The van der Waals surface area contributed by atoms with Gasteiger partial charge in [0, 0.05) is 12.7 Å². The van der Waals surface area contributed by atoms with Gasteiger partial charge in [-0.3, -0.25) is 19.3 Å². The summed E-state index contributed by atoms with van der Waals surface area (Å²) in [5, 5.41) is 2.76. The van der Waals surface area contributed by atoms with E-state index < -0.39 is 6.10 Å². The Morgan fingerprint density at radius 3 is 2.54 bits per heavy atom. The standard InChI is InChI=1S/C21H23N3O4/c1-14-8-10-16(11-9-14)22-19(25)12-23(3)20(26)13-24-17-6-4-5-7-18(17)28-15(2)21(24)27/h4-11,15H,12-13H2,1-3H3,(H,22,25)/t15-/m0/s1. The van der Waals surface area contributed by atoms with E-state index in [0.717, 1.165) is 5.56 Å². The number of hydrogen-bond donors (Lipinski definition) is 1. The number of carbonyl (C=O) groups excluding carboxylic acids is 3. The molecule has 0 spiro atoms. The van der Waals surface area contributed by atoms with Crippen molar-refractivity contribution in [3.8, 4) is 5.75 Å². The molecule has 0 saturated heterocycles. The molecule has 2 aromatic rings. The summed E-state index contributed by atoms with van der Waals surface area (Å²) in [4.78, 5) is 40.0. The highest BCUT2D eigenvalue weighted by molar-refractivity contribution is 6.04. The Balaban J connectivity index is 1.63. The van der Waals surface area contributed by atoms with Crippen molar-refractivity contribution in [2.45, 2.75) is 20.0 Å². The van der Waals surface area contributed by atoms with E-state index in [4.69, 9.17) is 4.74 Å². The van der Waals surface area contributed by atoms with E-state index in [9.17, 15) is 14.4 Å². The van der Waals surface area contributed by atoms with Crippen LogP contribution in [0.4, 0.5) is 11.4 Å². The van der Waals surface area contributed by atoms with Crippen molar-refractivity contribution in [3.63, 3.8) is 0 Å². The smallest absolute Gasteiger partial charge is 0.268 e. The average Bonchev–Trinajstić information content (AvgIpc) is 2.67. The molecule has 1 aliphatic heterocycles. The molecule has 2 aromatic carbocycles. The number of para-hydroxylation sites is 2. The third-order valence-corrected chi connectivity index (χ3v) is 4.51. The number of likely N-dealkylation sites (N-methyl/N-ethyl adjacent to an activating group) is 1. The average molecular weight is 381 g/mol. The lowest BCUT2D eigenvalue weighted by molar-refractivity contribution is -0.134. The van der Waals surface area contributed by atoms with Crippen LogP contribution in [0.1, 0.15) is 12.5 Å². The van der Waals surface area contributed by atoms with Crippen molar-refractivity contribution in [2.24, 2.45) is 0 Å². The maximum atomic E-state index is 12.6. The first-order chi connectivity index (χ1) is 13.3. The number of anilines is 2. The van der Waals surface area contributed by atoms with Gasteiger partial charge in [0.05, 0.1) is 12.2 Å². The van der Waals surface area contributed by atoms with Crippen LogP contribution in [0.5, 0.6) is 5.75 Å². The van der Waals surface area contributed by atoms with E-state index in [0.29, 0.717) is 17.1 Å². The third-order valence-electron chi connectivity index (χ3n) is 4.51. The van der Waals surface area contributed by atoms with Crippen LogP contribution in [-0.2, 0) is 14.4 Å². The van der Waals surface area contributed by atoms with Crippen LogP contribution < -0.4 is 15.0 Å². The third kappa shape index (κ3) is 4.31. The second-order valence-electron chi connectivity index (χ2n) is 6.82. The van der Waals surface area contributed by atoms with Gasteiger partial charge in [-0.25, -0.2) is 0 Å². The summed E-state index contributed by atoms with van der Waals surface area (Å²) in [6, 6.07) is 14.5. The molecule has 7 nitrogen and oxygen atoms in total. The molecule has 0 bridgehead atoms. The zero-order chi connectivity index (χ0) is 20.3. The van der Waals surface area contributed by atoms with Gasteiger partial charge in [-0.2, -0.15) is 0 Å². The van der Waals surface area contributed by atoms with E-state index in [1.165, 1.54) is 16.8 Å². The van der Waals surface area contributed by atoms with Gasteiger partial charge in [-0.05, 0) is 38.1 Å². The Morgan fingerprint density at radius 1 is 1.14 bits per heavy atom. The molecule has 7 heteroatoms. The second kappa shape index (κ2) is 8.12. The monoisotopic (exact) mass is 381 g/mol. The summed E-state index contributed by atoms with van der Waals surface area (Å²) >= 11 is 0. The lowest BCUT2D eigenvalue weighted by Gasteiger charge is -2.33. The number of ether oxygens (including phenoxy) is 1. The number of carbonyl (C=O) groups is 3. The first-order valence-electron chi connectivity index (χ1n) is 9.02. The van der Waals surface area contributed by atoms with Crippen molar-refractivity contribution >= 4 is 29.1 Å². The first-order valence-corrected chi connectivity index (χ1v) is 9.02. The minimum atomic E-state index is -0.669. The Bertz CT molecular complexity index is 895. The van der Waals surface area contributed by atoms with Gasteiger partial charge in [0.1, 0.15) is 12.3 Å². The summed E-state index contributed by atoms with van der Waals surface area (Å²) in [6.07, 6.45) is -0.669. The molecular weight excluding hydrogens is 358 g/mol. The normalized spacial score (nSPS) is 15.5. The van der Waals surface area contributed by atoms with Crippen molar-refractivity contribution < 1.29 is 19.1 Å². The summed E-state index contributed by atoms with van der Waals surface area (Å²) in [7, 11) is 1.54. The molecule has 0 aromatic heterocycles. The van der Waals surface area contributed by atoms with Crippen molar-refractivity contribution in [1.82, 2.24) is 4.90 Å². The number of benzene rings is 2. The van der Waals surface area contributed by atoms with Crippen LogP contribution in [0.15, 0.2) is 48.5 Å². The van der Waals surface area contributed by atoms with Crippen LogP contribution in [0, 0.1) is 6.92 Å². The quantitative estimate of drug-likeness (QED) is 0.861. The van der Waals surface area contributed by atoms with Crippen LogP contribution in [0.2, 0.25) is 0 Å². The Kier molecular flexibility index (Phi) is 5.63.